The van der Waals surface area contributed by atoms with Gasteiger partial charge in [0, 0.05) is 11.7 Å². The van der Waals surface area contributed by atoms with Crippen LogP contribution in [0, 0.1) is 0 Å². The molecular formula is C11H14NO2-. The SMILES string of the molecule is CC(C)N(CC(=O)[O-])c1ccccc1. The van der Waals surface area contributed by atoms with E-state index in [4.69, 9.17) is 0 Å². The van der Waals surface area contributed by atoms with Crippen molar-refractivity contribution in [1.29, 1.82) is 0 Å². The third-order valence-corrected chi connectivity index (χ3v) is 2.01. The first-order chi connectivity index (χ1) is 6.61. The average molecular weight is 192 g/mol. The number of carboxylic acid groups (broad SMARTS) is 1. The van der Waals surface area contributed by atoms with Gasteiger partial charge in [-0.1, -0.05) is 18.2 Å². The van der Waals surface area contributed by atoms with Gasteiger partial charge in [0.1, 0.15) is 0 Å². The predicted molar refractivity (Wildman–Crippen MR) is 53.9 cm³/mol. The molecule has 0 N–H and O–H groups in total. The number of aliphatic carboxylic acids is 1. The van der Waals surface area contributed by atoms with Crippen LogP contribution in [0.1, 0.15) is 13.8 Å². The molecule has 0 aromatic heterocycles. The van der Waals surface area contributed by atoms with Gasteiger partial charge in [-0.2, -0.15) is 0 Å². The lowest BCUT2D eigenvalue weighted by Gasteiger charge is -2.29. The second-order valence-electron chi connectivity index (χ2n) is 3.43. The number of benzene rings is 1. The molecule has 3 heteroatoms. The summed E-state index contributed by atoms with van der Waals surface area (Å²) >= 11 is 0. The fraction of sp³-hybridized carbons (Fsp3) is 0.364. The molecule has 0 spiro atoms. The van der Waals surface area contributed by atoms with E-state index in [9.17, 15) is 9.90 Å². The molecule has 3 nitrogen and oxygen atoms in total. The quantitative estimate of drug-likeness (QED) is 0.703. The number of nitrogens with zero attached hydrogens (tertiary/aromatic N) is 1. The van der Waals surface area contributed by atoms with E-state index >= 15 is 0 Å². The third kappa shape index (κ3) is 2.76. The maximum atomic E-state index is 10.5. The van der Waals surface area contributed by atoms with Crippen molar-refractivity contribution in [3.8, 4) is 0 Å². The van der Waals surface area contributed by atoms with Gasteiger partial charge in [0.15, 0.2) is 0 Å². The number of carboxylic acids is 1. The van der Waals surface area contributed by atoms with Crippen molar-refractivity contribution in [1.82, 2.24) is 0 Å². The van der Waals surface area contributed by atoms with Crippen LogP contribution in [0.2, 0.25) is 0 Å². The second kappa shape index (κ2) is 4.65. The van der Waals surface area contributed by atoms with Gasteiger partial charge in [-0.15, -0.1) is 0 Å². The molecule has 1 rings (SSSR count). The van der Waals surface area contributed by atoms with Crippen LogP contribution >= 0.6 is 0 Å². The van der Waals surface area contributed by atoms with Gasteiger partial charge >= 0.3 is 0 Å². The highest BCUT2D eigenvalue weighted by Crippen LogP contribution is 2.15. The van der Waals surface area contributed by atoms with E-state index in [0.29, 0.717) is 0 Å². The number of anilines is 1. The van der Waals surface area contributed by atoms with Crippen LogP contribution in [-0.4, -0.2) is 18.6 Å². The summed E-state index contributed by atoms with van der Waals surface area (Å²) in [5.74, 6) is -1.05. The Kier molecular flexibility index (Phi) is 3.51. The van der Waals surface area contributed by atoms with Gasteiger partial charge in [-0.25, -0.2) is 0 Å². The maximum Gasteiger partial charge on any atom is 0.0608 e. The first-order valence-electron chi connectivity index (χ1n) is 4.63. The van der Waals surface area contributed by atoms with Crippen molar-refractivity contribution in [2.45, 2.75) is 19.9 Å². The molecule has 0 aliphatic carbocycles. The highest BCUT2D eigenvalue weighted by atomic mass is 16.4. The van der Waals surface area contributed by atoms with Crippen molar-refractivity contribution in [3.05, 3.63) is 30.3 Å². The minimum absolute atomic E-state index is 0.0678. The van der Waals surface area contributed by atoms with E-state index in [1.54, 1.807) is 4.90 Å². The Morgan fingerprint density at radius 2 is 1.93 bits per heavy atom. The van der Waals surface area contributed by atoms with Crippen LogP contribution in [-0.2, 0) is 4.79 Å². The highest BCUT2D eigenvalue weighted by molar-refractivity contribution is 5.71. The van der Waals surface area contributed by atoms with Crippen LogP contribution in [0.15, 0.2) is 30.3 Å². The molecule has 0 saturated heterocycles. The van der Waals surface area contributed by atoms with E-state index in [0.717, 1.165) is 5.69 Å². The molecule has 76 valence electrons. The van der Waals surface area contributed by atoms with Gasteiger partial charge in [-0.05, 0) is 26.0 Å². The zero-order valence-corrected chi connectivity index (χ0v) is 8.43. The van der Waals surface area contributed by atoms with Crippen molar-refractivity contribution < 1.29 is 9.90 Å². The average Bonchev–Trinajstić information content (AvgIpc) is 2.15. The second-order valence-corrected chi connectivity index (χ2v) is 3.43. The zero-order chi connectivity index (χ0) is 10.6. The van der Waals surface area contributed by atoms with Crippen LogP contribution in [0.25, 0.3) is 0 Å². The van der Waals surface area contributed by atoms with Crippen LogP contribution in [0.3, 0.4) is 0 Å². The number of carbonyl (C=O) groups is 1. The number of hydrogen-bond acceptors (Lipinski definition) is 3. The van der Waals surface area contributed by atoms with Gasteiger partial charge in [-0.3, -0.25) is 0 Å². The molecule has 14 heavy (non-hydrogen) atoms. The van der Waals surface area contributed by atoms with E-state index in [1.165, 1.54) is 0 Å². The van der Waals surface area contributed by atoms with E-state index in [-0.39, 0.29) is 12.6 Å². The summed E-state index contributed by atoms with van der Waals surface area (Å²) in [4.78, 5) is 12.3. The Bertz CT molecular complexity index is 295. The van der Waals surface area contributed by atoms with Crippen molar-refractivity contribution in [3.63, 3.8) is 0 Å². The molecule has 1 aromatic rings. The summed E-state index contributed by atoms with van der Waals surface area (Å²) in [5.41, 5.74) is 0.909. The summed E-state index contributed by atoms with van der Waals surface area (Å²) < 4.78 is 0. The molecule has 0 saturated carbocycles. The minimum atomic E-state index is -1.05. The summed E-state index contributed by atoms with van der Waals surface area (Å²) in [7, 11) is 0. The first kappa shape index (κ1) is 10.6. The molecule has 0 aliphatic rings. The van der Waals surface area contributed by atoms with Crippen LogP contribution < -0.4 is 10.0 Å². The monoisotopic (exact) mass is 192 g/mol. The van der Waals surface area contributed by atoms with Gasteiger partial charge in [0.2, 0.25) is 0 Å². The molecule has 0 heterocycles. The van der Waals surface area contributed by atoms with Crippen LogP contribution in [0.5, 0.6) is 0 Å². The largest absolute Gasteiger partial charge is 0.548 e. The molecular weight excluding hydrogens is 178 g/mol. The smallest absolute Gasteiger partial charge is 0.0608 e. The van der Waals surface area contributed by atoms with E-state index < -0.39 is 5.97 Å². The lowest BCUT2D eigenvalue weighted by molar-refractivity contribution is -0.303. The van der Waals surface area contributed by atoms with E-state index in [1.807, 2.05) is 44.2 Å². The Morgan fingerprint density at radius 1 is 1.36 bits per heavy atom. The molecule has 0 fully saturated rings. The zero-order valence-electron chi connectivity index (χ0n) is 8.43. The van der Waals surface area contributed by atoms with Crippen molar-refractivity contribution in [2.24, 2.45) is 0 Å². The fourth-order valence-electron chi connectivity index (χ4n) is 1.33. The minimum Gasteiger partial charge on any atom is -0.548 e. The van der Waals surface area contributed by atoms with Crippen molar-refractivity contribution >= 4 is 11.7 Å². The van der Waals surface area contributed by atoms with Crippen molar-refractivity contribution in [2.75, 3.05) is 11.4 Å². The Balaban J connectivity index is 2.83. The topological polar surface area (TPSA) is 43.4 Å². The first-order valence-corrected chi connectivity index (χ1v) is 4.63. The number of hydrogen-bond donors (Lipinski definition) is 0. The predicted octanol–water partition coefficient (Wildman–Crippen LogP) is 0.651. The lowest BCUT2D eigenvalue weighted by Crippen LogP contribution is -2.41. The van der Waals surface area contributed by atoms with E-state index in [2.05, 4.69) is 0 Å². The normalized spacial score (nSPS) is 10.2. The molecule has 1 aromatic carbocycles. The molecule has 0 atom stereocenters. The summed E-state index contributed by atoms with van der Waals surface area (Å²) in [6.45, 7) is 3.84. The molecule has 0 radical (unpaired) electrons. The van der Waals surface area contributed by atoms with Gasteiger partial charge < -0.3 is 14.8 Å². The Hall–Kier alpha value is -1.51. The molecule has 0 unspecified atom stereocenters. The van der Waals surface area contributed by atoms with Crippen LogP contribution in [0.4, 0.5) is 5.69 Å². The summed E-state index contributed by atoms with van der Waals surface area (Å²) in [6.07, 6.45) is 0. The Morgan fingerprint density at radius 3 is 2.36 bits per heavy atom. The Labute approximate surface area is 84.0 Å². The lowest BCUT2D eigenvalue weighted by atomic mass is 10.2. The fourth-order valence-corrected chi connectivity index (χ4v) is 1.33. The molecule has 0 aliphatic heterocycles. The number of carbonyl (C=O) groups excluding carboxylic acids is 1. The highest BCUT2D eigenvalue weighted by Gasteiger charge is 2.09. The molecule has 0 amide bonds. The van der Waals surface area contributed by atoms with Gasteiger partial charge in [0.05, 0.1) is 12.5 Å². The third-order valence-electron chi connectivity index (χ3n) is 2.01. The number of rotatable bonds is 4. The number of para-hydroxylation sites is 1. The van der Waals surface area contributed by atoms with Gasteiger partial charge in [0.25, 0.3) is 0 Å². The summed E-state index contributed by atoms with van der Waals surface area (Å²) in [6, 6.07) is 9.61. The maximum absolute atomic E-state index is 10.5. The summed E-state index contributed by atoms with van der Waals surface area (Å²) in [5, 5.41) is 10.5. The standard InChI is InChI=1S/C11H15NO2/c1-9(2)12(8-11(13)14)10-6-4-3-5-7-10/h3-7,9H,8H2,1-2H3,(H,13,14)/p-1. The molecule has 0 bridgehead atoms.